The summed E-state index contributed by atoms with van der Waals surface area (Å²) in [5.74, 6) is -0.526. The van der Waals surface area contributed by atoms with Gasteiger partial charge in [0.1, 0.15) is 11.5 Å². The first-order valence-electron chi connectivity index (χ1n) is 5.07. The van der Waals surface area contributed by atoms with Gasteiger partial charge in [0, 0.05) is 22.7 Å². The number of thiophene rings is 1. The van der Waals surface area contributed by atoms with Gasteiger partial charge in [-0.3, -0.25) is 10.1 Å². The number of nitrogens with one attached hydrogen (secondary N) is 1. The Morgan fingerprint density at radius 1 is 1.44 bits per heavy atom. The molecular formula is C11H10FN3O2S. The Kier molecular flexibility index (Phi) is 3.42. The SMILES string of the molecule is Nc1ccsc1CNc1cc(F)ccc1[N+](=O)[O-]. The standard InChI is InChI=1S/C11H10FN3O2S/c12-7-1-2-10(15(16)17)9(5-7)14-6-11-8(13)3-4-18-11/h1-5,14H,6,13H2. The van der Waals surface area contributed by atoms with Crippen LogP contribution in [0.1, 0.15) is 4.88 Å². The summed E-state index contributed by atoms with van der Waals surface area (Å²) in [6.45, 7) is 0.327. The molecule has 2 aromatic rings. The number of hydrogen-bond donors (Lipinski definition) is 2. The minimum atomic E-state index is -0.556. The molecule has 0 unspecified atom stereocenters. The van der Waals surface area contributed by atoms with Crippen LogP contribution in [0.2, 0.25) is 0 Å². The van der Waals surface area contributed by atoms with Crippen molar-refractivity contribution in [3.05, 3.63) is 50.5 Å². The fourth-order valence-electron chi connectivity index (χ4n) is 1.48. The molecule has 1 heterocycles. The van der Waals surface area contributed by atoms with Crippen molar-refractivity contribution in [1.29, 1.82) is 0 Å². The summed E-state index contributed by atoms with van der Waals surface area (Å²) >= 11 is 1.44. The van der Waals surface area contributed by atoms with E-state index in [1.54, 1.807) is 6.07 Å². The first kappa shape index (κ1) is 12.3. The first-order chi connectivity index (χ1) is 8.58. The molecule has 0 saturated heterocycles. The number of nitrogens with two attached hydrogens (primary N) is 1. The van der Waals surface area contributed by atoms with E-state index in [0.29, 0.717) is 12.2 Å². The van der Waals surface area contributed by atoms with Crippen LogP contribution < -0.4 is 11.1 Å². The van der Waals surface area contributed by atoms with Crippen molar-refractivity contribution in [1.82, 2.24) is 0 Å². The number of anilines is 2. The highest BCUT2D eigenvalue weighted by molar-refractivity contribution is 7.10. The number of nitrogens with zero attached hydrogens (tertiary/aromatic N) is 1. The monoisotopic (exact) mass is 267 g/mol. The zero-order chi connectivity index (χ0) is 13.1. The normalized spacial score (nSPS) is 10.3. The molecule has 0 atom stereocenters. The molecule has 0 aliphatic rings. The van der Waals surface area contributed by atoms with E-state index in [9.17, 15) is 14.5 Å². The Balaban J connectivity index is 2.20. The number of benzene rings is 1. The molecule has 0 aliphatic heterocycles. The molecule has 0 saturated carbocycles. The van der Waals surface area contributed by atoms with Gasteiger partial charge in [0.25, 0.3) is 5.69 Å². The third-order valence-electron chi connectivity index (χ3n) is 2.37. The molecule has 0 spiro atoms. The number of halogens is 1. The second-order valence-electron chi connectivity index (χ2n) is 3.57. The quantitative estimate of drug-likeness (QED) is 0.659. The van der Waals surface area contributed by atoms with Gasteiger partial charge in [0.2, 0.25) is 0 Å². The van der Waals surface area contributed by atoms with E-state index in [1.807, 2.05) is 5.38 Å². The highest BCUT2D eigenvalue weighted by atomic mass is 32.1. The van der Waals surface area contributed by atoms with E-state index in [2.05, 4.69) is 5.32 Å². The number of nitro benzene ring substituents is 1. The van der Waals surface area contributed by atoms with Crippen molar-refractivity contribution < 1.29 is 9.31 Å². The van der Waals surface area contributed by atoms with Crippen molar-refractivity contribution in [2.75, 3.05) is 11.1 Å². The predicted octanol–water partition coefficient (Wildman–Crippen LogP) is 2.99. The van der Waals surface area contributed by atoms with Crippen LogP contribution in [0.15, 0.2) is 29.6 Å². The van der Waals surface area contributed by atoms with Crippen LogP contribution in [0.5, 0.6) is 0 Å². The minimum absolute atomic E-state index is 0.146. The highest BCUT2D eigenvalue weighted by Crippen LogP contribution is 2.27. The summed E-state index contributed by atoms with van der Waals surface area (Å²) in [5, 5.41) is 15.4. The van der Waals surface area contributed by atoms with Crippen LogP contribution in [0, 0.1) is 15.9 Å². The van der Waals surface area contributed by atoms with Crippen LogP contribution in [0.4, 0.5) is 21.5 Å². The predicted molar refractivity (Wildman–Crippen MR) is 69.1 cm³/mol. The second-order valence-corrected chi connectivity index (χ2v) is 4.57. The van der Waals surface area contributed by atoms with E-state index < -0.39 is 10.7 Å². The Morgan fingerprint density at radius 2 is 2.22 bits per heavy atom. The molecule has 1 aromatic heterocycles. The van der Waals surface area contributed by atoms with E-state index in [4.69, 9.17) is 5.73 Å². The van der Waals surface area contributed by atoms with Gasteiger partial charge in [-0.05, 0) is 17.5 Å². The summed E-state index contributed by atoms with van der Waals surface area (Å²) in [6, 6.07) is 5.04. The molecule has 0 bridgehead atoms. The molecule has 3 N–H and O–H groups in total. The zero-order valence-corrected chi connectivity index (χ0v) is 10.0. The topological polar surface area (TPSA) is 81.2 Å². The summed E-state index contributed by atoms with van der Waals surface area (Å²) in [6.07, 6.45) is 0. The number of nitro groups is 1. The number of nitrogen functional groups attached to an aromatic ring is 1. The lowest BCUT2D eigenvalue weighted by molar-refractivity contribution is -0.384. The van der Waals surface area contributed by atoms with Crippen LogP contribution in [0.25, 0.3) is 0 Å². The van der Waals surface area contributed by atoms with Gasteiger partial charge in [0.15, 0.2) is 0 Å². The molecule has 0 amide bonds. The maximum absolute atomic E-state index is 13.1. The maximum Gasteiger partial charge on any atom is 0.292 e. The molecular weight excluding hydrogens is 257 g/mol. The lowest BCUT2D eigenvalue weighted by Crippen LogP contribution is -2.03. The largest absolute Gasteiger partial charge is 0.398 e. The molecule has 0 radical (unpaired) electrons. The third-order valence-corrected chi connectivity index (χ3v) is 3.31. The van der Waals surface area contributed by atoms with E-state index >= 15 is 0 Å². The fourth-order valence-corrected chi connectivity index (χ4v) is 2.22. The van der Waals surface area contributed by atoms with Crippen molar-refractivity contribution in [3.63, 3.8) is 0 Å². The van der Waals surface area contributed by atoms with Gasteiger partial charge in [-0.15, -0.1) is 11.3 Å². The second kappa shape index (κ2) is 5.01. The lowest BCUT2D eigenvalue weighted by Gasteiger charge is -2.06. The van der Waals surface area contributed by atoms with Crippen molar-refractivity contribution >= 4 is 28.4 Å². The smallest absolute Gasteiger partial charge is 0.292 e. The summed E-state index contributed by atoms with van der Waals surface area (Å²) in [4.78, 5) is 11.1. The van der Waals surface area contributed by atoms with Gasteiger partial charge in [-0.1, -0.05) is 0 Å². The molecule has 2 rings (SSSR count). The third kappa shape index (κ3) is 2.57. The zero-order valence-electron chi connectivity index (χ0n) is 9.22. The Bertz CT molecular complexity index is 585. The van der Waals surface area contributed by atoms with Gasteiger partial charge in [-0.25, -0.2) is 4.39 Å². The number of rotatable bonds is 4. The molecule has 7 heteroatoms. The van der Waals surface area contributed by atoms with Crippen LogP contribution in [0.3, 0.4) is 0 Å². The molecule has 0 fully saturated rings. The molecule has 18 heavy (non-hydrogen) atoms. The van der Waals surface area contributed by atoms with Gasteiger partial charge < -0.3 is 11.1 Å². The van der Waals surface area contributed by atoms with Crippen LogP contribution >= 0.6 is 11.3 Å². The molecule has 1 aromatic carbocycles. The Morgan fingerprint density at radius 3 is 2.83 bits per heavy atom. The fraction of sp³-hybridized carbons (Fsp3) is 0.0909. The van der Waals surface area contributed by atoms with Gasteiger partial charge in [0.05, 0.1) is 11.5 Å². The summed E-state index contributed by atoms with van der Waals surface area (Å²) in [5.41, 5.74) is 6.30. The average molecular weight is 267 g/mol. The van der Waals surface area contributed by atoms with E-state index in [0.717, 1.165) is 23.1 Å². The number of hydrogen-bond acceptors (Lipinski definition) is 5. The van der Waals surface area contributed by atoms with Crippen LogP contribution in [-0.4, -0.2) is 4.92 Å². The molecule has 5 nitrogen and oxygen atoms in total. The van der Waals surface area contributed by atoms with Gasteiger partial charge >= 0.3 is 0 Å². The minimum Gasteiger partial charge on any atom is -0.398 e. The molecule has 0 aliphatic carbocycles. The summed E-state index contributed by atoms with van der Waals surface area (Å²) < 4.78 is 13.1. The van der Waals surface area contributed by atoms with Crippen molar-refractivity contribution in [2.45, 2.75) is 6.54 Å². The van der Waals surface area contributed by atoms with Crippen LogP contribution in [-0.2, 0) is 6.54 Å². The van der Waals surface area contributed by atoms with Crippen molar-refractivity contribution in [2.24, 2.45) is 0 Å². The first-order valence-corrected chi connectivity index (χ1v) is 5.95. The van der Waals surface area contributed by atoms with E-state index in [-0.39, 0.29) is 11.4 Å². The Hall–Kier alpha value is -2.15. The van der Waals surface area contributed by atoms with Gasteiger partial charge in [-0.2, -0.15) is 0 Å². The maximum atomic E-state index is 13.1. The average Bonchev–Trinajstić information content (AvgIpc) is 2.72. The Labute approximate surface area is 106 Å². The van der Waals surface area contributed by atoms with Crippen molar-refractivity contribution in [3.8, 4) is 0 Å². The summed E-state index contributed by atoms with van der Waals surface area (Å²) in [7, 11) is 0. The lowest BCUT2D eigenvalue weighted by atomic mass is 10.2. The van der Waals surface area contributed by atoms with E-state index in [1.165, 1.54) is 11.3 Å². The molecule has 94 valence electrons. The highest BCUT2D eigenvalue weighted by Gasteiger charge is 2.14.